The molecule has 1 rings (SSSR count). The number of benzene rings is 1. The molecule has 0 radical (unpaired) electrons. The molecule has 4 nitrogen and oxygen atoms in total. The number of halogens is 3. The number of rotatable bonds is 6. The molecule has 0 fully saturated rings. The van der Waals surface area contributed by atoms with Gasteiger partial charge in [0.1, 0.15) is 16.5 Å². The monoisotopic (exact) mass is 356 g/mol. The molecule has 0 heterocycles. The van der Waals surface area contributed by atoms with Gasteiger partial charge < -0.3 is 5.32 Å². The minimum Gasteiger partial charge on any atom is -0.313 e. The fourth-order valence-electron chi connectivity index (χ4n) is 1.40. The lowest BCUT2D eigenvalue weighted by atomic mass is 10.3. The van der Waals surface area contributed by atoms with Gasteiger partial charge in [0.2, 0.25) is 10.0 Å². The molecule has 0 aliphatic rings. The Morgan fingerprint density at radius 2 is 1.89 bits per heavy atom. The van der Waals surface area contributed by atoms with E-state index in [0.29, 0.717) is 12.6 Å². The Kier molecular flexibility index (Phi) is 5.84. The fraction of sp³-hybridized carbons (Fsp3) is 0.455. The molecule has 1 aromatic rings. The van der Waals surface area contributed by atoms with Crippen LogP contribution in [0, 0.1) is 11.6 Å². The zero-order valence-electron chi connectivity index (χ0n) is 10.5. The maximum absolute atomic E-state index is 13.5. The van der Waals surface area contributed by atoms with Crippen LogP contribution in [0.5, 0.6) is 0 Å². The summed E-state index contributed by atoms with van der Waals surface area (Å²) in [5.74, 6) is -1.97. The molecule has 0 aliphatic carbocycles. The third-order valence-corrected chi connectivity index (χ3v) is 4.63. The Bertz CT molecular complexity index is 527. The van der Waals surface area contributed by atoms with Crippen LogP contribution in [0.25, 0.3) is 0 Å². The van der Waals surface area contributed by atoms with Gasteiger partial charge in [-0.2, -0.15) is 0 Å². The minimum atomic E-state index is -4.01. The first-order valence-corrected chi connectivity index (χ1v) is 7.89. The Balaban J connectivity index is 2.84. The summed E-state index contributed by atoms with van der Waals surface area (Å²) in [7, 11) is -4.01. The first-order chi connectivity index (χ1) is 8.74. The van der Waals surface area contributed by atoms with E-state index in [1.807, 2.05) is 13.8 Å². The molecule has 2 N–H and O–H groups in total. The van der Waals surface area contributed by atoms with Crippen LogP contribution in [-0.4, -0.2) is 27.5 Å². The molecule has 19 heavy (non-hydrogen) atoms. The number of sulfonamides is 1. The molecule has 1 aromatic carbocycles. The summed E-state index contributed by atoms with van der Waals surface area (Å²) in [6, 6.07) is 1.66. The normalized spacial score (nSPS) is 12.1. The number of hydrogen-bond acceptors (Lipinski definition) is 3. The van der Waals surface area contributed by atoms with Crippen LogP contribution in [0.1, 0.15) is 13.8 Å². The lowest BCUT2D eigenvalue weighted by Gasteiger charge is -2.11. The summed E-state index contributed by atoms with van der Waals surface area (Å²) in [4.78, 5) is -0.585. The summed E-state index contributed by atoms with van der Waals surface area (Å²) in [5.41, 5.74) is 0. The zero-order chi connectivity index (χ0) is 14.6. The fourth-order valence-corrected chi connectivity index (χ4v) is 3.60. The van der Waals surface area contributed by atoms with Crippen LogP contribution < -0.4 is 10.0 Å². The largest absolute Gasteiger partial charge is 0.313 e. The highest BCUT2D eigenvalue weighted by atomic mass is 79.9. The lowest BCUT2D eigenvalue weighted by molar-refractivity contribution is 0.535. The molecular weight excluding hydrogens is 342 g/mol. The van der Waals surface area contributed by atoms with E-state index < -0.39 is 26.6 Å². The van der Waals surface area contributed by atoms with Crippen molar-refractivity contribution in [2.24, 2.45) is 0 Å². The van der Waals surface area contributed by atoms with Gasteiger partial charge in [-0.15, -0.1) is 0 Å². The summed E-state index contributed by atoms with van der Waals surface area (Å²) >= 11 is 2.85. The van der Waals surface area contributed by atoms with Gasteiger partial charge >= 0.3 is 0 Å². The molecule has 0 aromatic heterocycles. The van der Waals surface area contributed by atoms with Crippen molar-refractivity contribution in [1.82, 2.24) is 10.0 Å². The maximum Gasteiger partial charge on any atom is 0.244 e. The average molecular weight is 357 g/mol. The van der Waals surface area contributed by atoms with Crippen molar-refractivity contribution in [2.45, 2.75) is 24.8 Å². The number of nitrogens with one attached hydrogen (secondary N) is 2. The third-order valence-electron chi connectivity index (χ3n) is 2.20. The van der Waals surface area contributed by atoms with Gasteiger partial charge in [-0.3, -0.25) is 0 Å². The van der Waals surface area contributed by atoms with Crippen molar-refractivity contribution in [3.05, 3.63) is 28.2 Å². The van der Waals surface area contributed by atoms with Gasteiger partial charge in [-0.25, -0.2) is 21.9 Å². The van der Waals surface area contributed by atoms with E-state index in [-0.39, 0.29) is 17.1 Å². The second-order valence-corrected chi connectivity index (χ2v) is 6.76. The highest BCUT2D eigenvalue weighted by Gasteiger charge is 2.23. The predicted molar refractivity (Wildman–Crippen MR) is 72.4 cm³/mol. The lowest BCUT2D eigenvalue weighted by Crippen LogP contribution is -2.35. The molecule has 0 spiro atoms. The van der Waals surface area contributed by atoms with E-state index in [0.717, 1.165) is 6.07 Å². The third kappa shape index (κ3) is 4.79. The van der Waals surface area contributed by atoms with E-state index in [9.17, 15) is 17.2 Å². The average Bonchev–Trinajstić information content (AvgIpc) is 2.22. The van der Waals surface area contributed by atoms with Crippen LogP contribution in [0.3, 0.4) is 0 Å². The Morgan fingerprint density at radius 3 is 2.42 bits per heavy atom. The van der Waals surface area contributed by atoms with E-state index in [1.54, 1.807) is 0 Å². The van der Waals surface area contributed by atoms with Gasteiger partial charge in [0.05, 0.1) is 0 Å². The van der Waals surface area contributed by atoms with Gasteiger partial charge in [0.15, 0.2) is 0 Å². The van der Waals surface area contributed by atoms with E-state index in [1.165, 1.54) is 0 Å². The Labute approximate surface area is 119 Å². The molecule has 0 amide bonds. The zero-order valence-corrected chi connectivity index (χ0v) is 12.9. The van der Waals surface area contributed by atoms with Crippen LogP contribution in [0.15, 0.2) is 21.5 Å². The summed E-state index contributed by atoms with van der Waals surface area (Å²) in [6.07, 6.45) is 0. The molecule has 8 heteroatoms. The summed E-state index contributed by atoms with van der Waals surface area (Å²) < 4.78 is 52.3. The molecule has 0 atom stereocenters. The smallest absolute Gasteiger partial charge is 0.244 e. The first kappa shape index (κ1) is 16.5. The Hall–Kier alpha value is -0.570. The topological polar surface area (TPSA) is 58.2 Å². The number of hydrogen-bond donors (Lipinski definition) is 2. The van der Waals surface area contributed by atoms with E-state index in [2.05, 4.69) is 26.0 Å². The van der Waals surface area contributed by atoms with E-state index >= 15 is 0 Å². The van der Waals surface area contributed by atoms with Crippen LogP contribution in [-0.2, 0) is 10.0 Å². The molecule has 0 saturated heterocycles. The van der Waals surface area contributed by atoms with E-state index in [4.69, 9.17) is 0 Å². The molecular formula is C11H15BrF2N2O2S. The van der Waals surface area contributed by atoms with Crippen molar-refractivity contribution in [3.8, 4) is 0 Å². The SMILES string of the molecule is CC(C)NCCNS(=O)(=O)c1c(F)cc(F)cc1Br. The van der Waals surface area contributed by atoms with Gasteiger partial charge in [0, 0.05) is 29.7 Å². The molecule has 0 bridgehead atoms. The second kappa shape index (κ2) is 6.74. The molecule has 0 unspecified atom stereocenters. The van der Waals surface area contributed by atoms with Crippen LogP contribution in [0.2, 0.25) is 0 Å². The maximum atomic E-state index is 13.5. The van der Waals surface area contributed by atoms with Crippen molar-refractivity contribution in [2.75, 3.05) is 13.1 Å². The van der Waals surface area contributed by atoms with Crippen molar-refractivity contribution < 1.29 is 17.2 Å². The van der Waals surface area contributed by atoms with Gasteiger partial charge in [-0.05, 0) is 22.0 Å². The molecule has 0 saturated carbocycles. The highest BCUT2D eigenvalue weighted by Crippen LogP contribution is 2.25. The Morgan fingerprint density at radius 1 is 1.26 bits per heavy atom. The summed E-state index contributed by atoms with van der Waals surface area (Å²) in [6.45, 7) is 4.37. The van der Waals surface area contributed by atoms with Gasteiger partial charge in [-0.1, -0.05) is 13.8 Å². The van der Waals surface area contributed by atoms with Crippen molar-refractivity contribution in [1.29, 1.82) is 0 Å². The van der Waals surface area contributed by atoms with Crippen LogP contribution >= 0.6 is 15.9 Å². The van der Waals surface area contributed by atoms with Gasteiger partial charge in [0.25, 0.3) is 0 Å². The second-order valence-electron chi connectivity index (χ2n) is 4.21. The summed E-state index contributed by atoms with van der Waals surface area (Å²) in [5, 5.41) is 3.02. The standard InChI is InChI=1S/C11H15BrF2N2O2S/c1-7(2)15-3-4-16-19(17,18)11-9(12)5-8(13)6-10(11)14/h5-7,15-16H,3-4H2,1-2H3. The minimum absolute atomic E-state index is 0.115. The molecule has 0 aliphatic heterocycles. The van der Waals surface area contributed by atoms with Crippen molar-refractivity contribution in [3.63, 3.8) is 0 Å². The predicted octanol–water partition coefficient (Wildman–Crippen LogP) is 2.00. The first-order valence-electron chi connectivity index (χ1n) is 5.61. The van der Waals surface area contributed by atoms with Crippen LogP contribution in [0.4, 0.5) is 8.78 Å². The highest BCUT2D eigenvalue weighted by molar-refractivity contribution is 9.10. The quantitative estimate of drug-likeness (QED) is 0.766. The molecule has 108 valence electrons. The van der Waals surface area contributed by atoms with Crippen molar-refractivity contribution >= 4 is 26.0 Å².